The van der Waals surface area contributed by atoms with Crippen LogP contribution in [0.1, 0.15) is 35.3 Å². The molecule has 9 heteroatoms. The van der Waals surface area contributed by atoms with Gasteiger partial charge in [0.2, 0.25) is 5.95 Å². The molecule has 0 N–H and O–H groups in total. The van der Waals surface area contributed by atoms with Crippen LogP contribution in [0.25, 0.3) is 0 Å². The fourth-order valence-corrected chi connectivity index (χ4v) is 3.93. The lowest BCUT2D eigenvalue weighted by molar-refractivity contribution is 0.0740. The van der Waals surface area contributed by atoms with Gasteiger partial charge >= 0.3 is 0 Å². The van der Waals surface area contributed by atoms with Crippen LogP contribution < -0.4 is 9.80 Å². The monoisotopic (exact) mass is 419 g/mol. The van der Waals surface area contributed by atoms with Gasteiger partial charge < -0.3 is 14.7 Å². The van der Waals surface area contributed by atoms with Gasteiger partial charge in [0, 0.05) is 51.0 Å². The summed E-state index contributed by atoms with van der Waals surface area (Å²) in [4.78, 5) is 27.6. The molecule has 4 rings (SSSR count). The maximum absolute atomic E-state index is 14.0. The van der Waals surface area contributed by atoms with Gasteiger partial charge in [-0.2, -0.15) is 4.98 Å². The molecule has 0 bridgehead atoms. The standard InChI is InChI=1S/C21H24F3N5O/c1-14-13-17(27-7-3-2-4-8-27)26-21(25-14)29-11-9-28(10-12-29)20(30)15-5-6-16(22)19(24)18(15)23/h5-6,13H,2-4,7-12H2,1H3. The third-order valence-corrected chi connectivity index (χ3v) is 5.62. The van der Waals surface area contributed by atoms with Crippen LogP contribution in [-0.2, 0) is 0 Å². The maximum atomic E-state index is 14.0. The second-order valence-electron chi connectivity index (χ2n) is 7.72. The molecule has 30 heavy (non-hydrogen) atoms. The molecule has 2 aliphatic heterocycles. The van der Waals surface area contributed by atoms with E-state index < -0.39 is 28.9 Å². The van der Waals surface area contributed by atoms with Gasteiger partial charge in [0.1, 0.15) is 5.82 Å². The van der Waals surface area contributed by atoms with Crippen molar-refractivity contribution in [3.63, 3.8) is 0 Å². The van der Waals surface area contributed by atoms with Gasteiger partial charge in [-0.25, -0.2) is 18.2 Å². The van der Waals surface area contributed by atoms with Gasteiger partial charge in [-0.05, 0) is 38.3 Å². The number of rotatable bonds is 3. The smallest absolute Gasteiger partial charge is 0.257 e. The van der Waals surface area contributed by atoms with Crippen LogP contribution in [0.2, 0.25) is 0 Å². The normalized spacial score (nSPS) is 17.4. The van der Waals surface area contributed by atoms with Gasteiger partial charge in [-0.1, -0.05) is 0 Å². The Hall–Kier alpha value is -2.84. The zero-order chi connectivity index (χ0) is 21.3. The van der Waals surface area contributed by atoms with E-state index in [1.165, 1.54) is 11.3 Å². The van der Waals surface area contributed by atoms with E-state index in [0.717, 1.165) is 49.6 Å². The molecule has 0 atom stereocenters. The molecule has 6 nitrogen and oxygen atoms in total. The van der Waals surface area contributed by atoms with E-state index >= 15 is 0 Å². The van der Waals surface area contributed by atoms with Crippen molar-refractivity contribution in [1.29, 1.82) is 0 Å². The number of hydrogen-bond acceptors (Lipinski definition) is 5. The quantitative estimate of drug-likeness (QED) is 0.716. The highest BCUT2D eigenvalue weighted by Gasteiger charge is 2.27. The van der Waals surface area contributed by atoms with E-state index in [-0.39, 0.29) is 0 Å². The molecule has 0 saturated carbocycles. The van der Waals surface area contributed by atoms with Crippen LogP contribution in [0.4, 0.5) is 24.9 Å². The van der Waals surface area contributed by atoms with Gasteiger partial charge in [0.05, 0.1) is 5.56 Å². The number of carbonyl (C=O) groups excluding carboxylic acids is 1. The minimum absolute atomic E-state index is 0.313. The molecule has 160 valence electrons. The Morgan fingerprint density at radius 1 is 0.867 bits per heavy atom. The van der Waals surface area contributed by atoms with Crippen molar-refractivity contribution < 1.29 is 18.0 Å². The largest absolute Gasteiger partial charge is 0.356 e. The molecule has 0 radical (unpaired) electrons. The van der Waals surface area contributed by atoms with Crippen molar-refractivity contribution in [3.05, 3.63) is 46.9 Å². The highest BCUT2D eigenvalue weighted by molar-refractivity contribution is 5.94. The van der Waals surface area contributed by atoms with Crippen molar-refractivity contribution in [3.8, 4) is 0 Å². The lowest BCUT2D eigenvalue weighted by Gasteiger charge is -2.35. The Morgan fingerprint density at radius 2 is 1.57 bits per heavy atom. The number of aryl methyl sites for hydroxylation is 1. The molecule has 0 unspecified atom stereocenters. The summed E-state index contributed by atoms with van der Waals surface area (Å²) in [6.07, 6.45) is 3.54. The average Bonchev–Trinajstić information content (AvgIpc) is 2.77. The van der Waals surface area contributed by atoms with E-state index in [1.807, 2.05) is 17.9 Å². The number of amides is 1. The van der Waals surface area contributed by atoms with Crippen molar-refractivity contribution in [2.75, 3.05) is 49.1 Å². The predicted octanol–water partition coefficient (Wildman–Crippen LogP) is 3.16. The van der Waals surface area contributed by atoms with Crippen molar-refractivity contribution in [2.45, 2.75) is 26.2 Å². The maximum Gasteiger partial charge on any atom is 0.257 e. The number of benzene rings is 1. The fourth-order valence-electron chi connectivity index (χ4n) is 3.93. The number of aromatic nitrogens is 2. The van der Waals surface area contributed by atoms with Crippen LogP contribution in [-0.4, -0.2) is 60.0 Å². The SMILES string of the molecule is Cc1cc(N2CCCCC2)nc(N2CCN(C(=O)c3ccc(F)c(F)c3F)CC2)n1. The second-order valence-corrected chi connectivity index (χ2v) is 7.72. The first-order valence-electron chi connectivity index (χ1n) is 10.2. The lowest BCUT2D eigenvalue weighted by atomic mass is 10.1. The summed E-state index contributed by atoms with van der Waals surface area (Å²) < 4.78 is 40.6. The number of carbonyl (C=O) groups is 1. The van der Waals surface area contributed by atoms with Gasteiger partial charge in [0.25, 0.3) is 5.91 Å². The first kappa shape index (κ1) is 20.4. The summed E-state index contributed by atoms with van der Waals surface area (Å²) in [7, 11) is 0. The summed E-state index contributed by atoms with van der Waals surface area (Å²) in [6.45, 7) is 5.47. The summed E-state index contributed by atoms with van der Waals surface area (Å²) in [5, 5.41) is 0. The molecule has 2 saturated heterocycles. The number of anilines is 2. The van der Waals surface area contributed by atoms with E-state index in [9.17, 15) is 18.0 Å². The minimum Gasteiger partial charge on any atom is -0.356 e. The Kier molecular flexibility index (Phi) is 5.78. The lowest BCUT2D eigenvalue weighted by Crippen LogP contribution is -2.49. The second kappa shape index (κ2) is 8.49. The molecule has 0 spiro atoms. The Morgan fingerprint density at radius 3 is 2.27 bits per heavy atom. The zero-order valence-corrected chi connectivity index (χ0v) is 16.9. The third-order valence-electron chi connectivity index (χ3n) is 5.62. The van der Waals surface area contributed by atoms with Crippen molar-refractivity contribution >= 4 is 17.7 Å². The zero-order valence-electron chi connectivity index (χ0n) is 16.9. The van der Waals surface area contributed by atoms with Crippen LogP contribution in [0, 0.1) is 24.4 Å². The molecule has 1 aromatic carbocycles. The van der Waals surface area contributed by atoms with E-state index in [1.54, 1.807) is 0 Å². The third kappa shape index (κ3) is 4.06. The molecule has 1 aromatic heterocycles. The van der Waals surface area contributed by atoms with Crippen LogP contribution in [0.5, 0.6) is 0 Å². The summed E-state index contributed by atoms with van der Waals surface area (Å²) in [5.41, 5.74) is 0.421. The van der Waals surface area contributed by atoms with Gasteiger partial charge in [-0.3, -0.25) is 4.79 Å². The summed E-state index contributed by atoms with van der Waals surface area (Å²) in [5.74, 6) is -3.50. The van der Waals surface area contributed by atoms with Crippen LogP contribution >= 0.6 is 0 Å². The van der Waals surface area contributed by atoms with Crippen LogP contribution in [0.3, 0.4) is 0 Å². The topological polar surface area (TPSA) is 52.6 Å². The summed E-state index contributed by atoms with van der Waals surface area (Å²) in [6, 6.07) is 3.74. The van der Waals surface area contributed by atoms with E-state index in [2.05, 4.69) is 9.88 Å². The Bertz CT molecular complexity index is 940. The number of halogens is 3. The van der Waals surface area contributed by atoms with E-state index in [4.69, 9.17) is 4.98 Å². The van der Waals surface area contributed by atoms with Crippen molar-refractivity contribution in [2.24, 2.45) is 0 Å². The summed E-state index contributed by atoms with van der Waals surface area (Å²) >= 11 is 0. The minimum atomic E-state index is -1.63. The number of piperazine rings is 1. The number of nitrogens with zero attached hydrogens (tertiary/aromatic N) is 5. The molecule has 0 aliphatic carbocycles. The van der Waals surface area contributed by atoms with Gasteiger partial charge in [-0.15, -0.1) is 0 Å². The highest BCUT2D eigenvalue weighted by atomic mass is 19.2. The molecule has 2 fully saturated rings. The molecular weight excluding hydrogens is 395 g/mol. The average molecular weight is 419 g/mol. The highest BCUT2D eigenvalue weighted by Crippen LogP contribution is 2.23. The number of hydrogen-bond donors (Lipinski definition) is 0. The molecule has 2 aromatic rings. The first-order valence-corrected chi connectivity index (χ1v) is 10.2. The van der Waals surface area contributed by atoms with Crippen LogP contribution in [0.15, 0.2) is 18.2 Å². The van der Waals surface area contributed by atoms with Crippen molar-refractivity contribution in [1.82, 2.24) is 14.9 Å². The molecular formula is C21H24F3N5O. The Balaban J connectivity index is 1.45. The molecule has 3 heterocycles. The Labute approximate surface area is 173 Å². The van der Waals surface area contributed by atoms with E-state index in [0.29, 0.717) is 32.1 Å². The molecule has 2 aliphatic rings. The van der Waals surface area contributed by atoms with Gasteiger partial charge in [0.15, 0.2) is 17.5 Å². The first-order chi connectivity index (χ1) is 14.4. The fraction of sp³-hybridized carbons (Fsp3) is 0.476. The number of piperidine rings is 1. The predicted molar refractivity (Wildman–Crippen MR) is 107 cm³/mol. The molecule has 1 amide bonds.